The van der Waals surface area contributed by atoms with Crippen LogP contribution in [-0.2, 0) is 9.47 Å². The van der Waals surface area contributed by atoms with Crippen molar-refractivity contribution in [3.05, 3.63) is 0 Å². The van der Waals surface area contributed by atoms with Crippen molar-refractivity contribution in [1.82, 2.24) is 0 Å². The van der Waals surface area contributed by atoms with Crippen LogP contribution in [0.3, 0.4) is 0 Å². The average Bonchev–Trinajstić information content (AvgIpc) is 2.58. The third kappa shape index (κ3) is 5.40. The van der Waals surface area contributed by atoms with Gasteiger partial charge in [-0.2, -0.15) is 8.78 Å². The van der Waals surface area contributed by atoms with Gasteiger partial charge in [0.2, 0.25) is 0 Å². The molecule has 0 radical (unpaired) electrons. The third-order valence-corrected chi connectivity index (χ3v) is 3.17. The normalized spacial score (nSPS) is 27.2. The maximum atomic E-state index is 12.5. The van der Waals surface area contributed by atoms with Crippen molar-refractivity contribution in [2.75, 3.05) is 13.7 Å². The first-order valence-corrected chi connectivity index (χ1v) is 6.32. The van der Waals surface area contributed by atoms with Crippen LogP contribution in [0.25, 0.3) is 0 Å². The number of halogens is 3. The fourth-order valence-electron chi connectivity index (χ4n) is 1.86. The van der Waals surface area contributed by atoms with Crippen LogP contribution in [0.15, 0.2) is 0 Å². The smallest absolute Gasteiger partial charge is 0.296 e. The van der Waals surface area contributed by atoms with E-state index in [4.69, 9.17) is 9.47 Å². The van der Waals surface area contributed by atoms with Gasteiger partial charge in [-0.05, 0) is 48.3 Å². The first-order chi connectivity index (χ1) is 7.03. The second kappa shape index (κ2) is 6.30. The van der Waals surface area contributed by atoms with Gasteiger partial charge < -0.3 is 9.47 Å². The molecule has 5 heteroatoms. The highest BCUT2D eigenvalue weighted by atomic mass is 127. The Morgan fingerprint density at radius 1 is 1.33 bits per heavy atom. The van der Waals surface area contributed by atoms with Gasteiger partial charge in [-0.15, -0.1) is 0 Å². The highest BCUT2D eigenvalue weighted by Gasteiger charge is 2.28. The minimum atomic E-state index is -2.60. The Hall–Kier alpha value is 0.510. The molecule has 0 saturated heterocycles. The molecule has 1 saturated carbocycles. The van der Waals surface area contributed by atoms with Crippen molar-refractivity contribution in [3.63, 3.8) is 0 Å². The van der Waals surface area contributed by atoms with Crippen LogP contribution in [0.2, 0.25) is 0 Å². The van der Waals surface area contributed by atoms with Crippen LogP contribution >= 0.6 is 22.6 Å². The highest BCUT2D eigenvalue weighted by molar-refractivity contribution is 14.1. The van der Waals surface area contributed by atoms with E-state index in [1.807, 2.05) is 0 Å². The van der Waals surface area contributed by atoms with Crippen LogP contribution < -0.4 is 0 Å². The lowest BCUT2D eigenvalue weighted by Crippen LogP contribution is -2.25. The van der Waals surface area contributed by atoms with Crippen LogP contribution in [0, 0.1) is 0 Å². The second-order valence-corrected chi connectivity index (χ2v) is 5.41. The molecule has 0 N–H and O–H groups in total. The van der Waals surface area contributed by atoms with E-state index in [0.717, 1.165) is 41.9 Å². The Morgan fingerprint density at radius 3 is 2.60 bits per heavy atom. The number of rotatable bonds is 6. The first-order valence-electron chi connectivity index (χ1n) is 5.24. The molecule has 2 atom stereocenters. The highest BCUT2D eigenvalue weighted by Crippen LogP contribution is 2.29. The fourth-order valence-corrected chi connectivity index (χ4v) is 2.24. The Morgan fingerprint density at radius 2 is 2.00 bits per heavy atom. The molecule has 2 unspecified atom stereocenters. The molecule has 0 heterocycles. The summed E-state index contributed by atoms with van der Waals surface area (Å²) in [6, 6.07) is 0. The van der Waals surface area contributed by atoms with Gasteiger partial charge in [0.15, 0.2) is 0 Å². The van der Waals surface area contributed by atoms with Crippen LogP contribution in [0.1, 0.15) is 32.1 Å². The van der Waals surface area contributed by atoms with Crippen molar-refractivity contribution in [1.29, 1.82) is 0 Å². The SMILES string of the molecule is COC1CCCC1OCCCC(F)(F)I. The topological polar surface area (TPSA) is 18.5 Å². The molecule has 0 amide bonds. The van der Waals surface area contributed by atoms with Gasteiger partial charge in [-0.25, -0.2) is 0 Å². The maximum absolute atomic E-state index is 12.5. The van der Waals surface area contributed by atoms with E-state index in [1.165, 1.54) is 0 Å². The number of methoxy groups -OCH3 is 1. The zero-order valence-electron chi connectivity index (χ0n) is 8.85. The molecular formula is C10H17F2IO2. The molecule has 1 fully saturated rings. The van der Waals surface area contributed by atoms with Gasteiger partial charge in [0, 0.05) is 20.1 Å². The lowest BCUT2D eigenvalue weighted by Gasteiger charge is -2.19. The van der Waals surface area contributed by atoms with Crippen LogP contribution in [0.5, 0.6) is 0 Å². The molecule has 0 aromatic heterocycles. The van der Waals surface area contributed by atoms with E-state index in [2.05, 4.69) is 0 Å². The zero-order valence-corrected chi connectivity index (χ0v) is 11.0. The van der Waals surface area contributed by atoms with E-state index in [-0.39, 0.29) is 18.6 Å². The summed E-state index contributed by atoms with van der Waals surface area (Å²) in [6.07, 6.45) is 3.66. The Kier molecular flexibility index (Phi) is 5.70. The van der Waals surface area contributed by atoms with Gasteiger partial charge in [-0.3, -0.25) is 0 Å². The molecule has 2 nitrogen and oxygen atoms in total. The van der Waals surface area contributed by atoms with Crippen LogP contribution in [-0.4, -0.2) is 29.9 Å². The summed E-state index contributed by atoms with van der Waals surface area (Å²) in [5.41, 5.74) is 0. The first kappa shape index (κ1) is 13.6. The molecule has 0 bridgehead atoms. The molecule has 1 rings (SSSR count). The fraction of sp³-hybridized carbons (Fsp3) is 1.00. The molecule has 0 aromatic rings. The second-order valence-electron chi connectivity index (χ2n) is 3.83. The van der Waals surface area contributed by atoms with Gasteiger partial charge in [0.25, 0.3) is 3.93 Å². The van der Waals surface area contributed by atoms with E-state index < -0.39 is 3.93 Å². The third-order valence-electron chi connectivity index (χ3n) is 2.63. The summed E-state index contributed by atoms with van der Waals surface area (Å²) >= 11 is 1.16. The summed E-state index contributed by atoms with van der Waals surface area (Å²) < 4.78 is 33.1. The minimum Gasteiger partial charge on any atom is -0.379 e. The number of ether oxygens (including phenoxy) is 2. The van der Waals surface area contributed by atoms with Gasteiger partial charge >= 0.3 is 0 Å². The molecule has 0 spiro atoms. The van der Waals surface area contributed by atoms with Gasteiger partial charge in [0.1, 0.15) is 0 Å². The molecule has 1 aliphatic carbocycles. The Balaban J connectivity index is 2.09. The van der Waals surface area contributed by atoms with Gasteiger partial charge in [0.05, 0.1) is 12.2 Å². The van der Waals surface area contributed by atoms with Crippen molar-refractivity contribution >= 4 is 22.6 Å². The average molecular weight is 334 g/mol. The van der Waals surface area contributed by atoms with E-state index in [9.17, 15) is 8.78 Å². The number of hydrogen-bond donors (Lipinski definition) is 0. The molecule has 15 heavy (non-hydrogen) atoms. The van der Waals surface area contributed by atoms with E-state index >= 15 is 0 Å². The van der Waals surface area contributed by atoms with Crippen LogP contribution in [0.4, 0.5) is 8.78 Å². The van der Waals surface area contributed by atoms with Crippen molar-refractivity contribution in [2.24, 2.45) is 0 Å². The molecule has 1 aliphatic rings. The van der Waals surface area contributed by atoms with Crippen molar-refractivity contribution < 1.29 is 18.3 Å². The molecule has 0 aliphatic heterocycles. The monoisotopic (exact) mass is 334 g/mol. The summed E-state index contributed by atoms with van der Waals surface area (Å²) in [6.45, 7) is 0.406. The predicted octanol–water partition coefficient (Wildman–Crippen LogP) is 3.38. The Bertz CT molecular complexity index is 185. The largest absolute Gasteiger partial charge is 0.379 e. The predicted molar refractivity (Wildman–Crippen MR) is 62.6 cm³/mol. The summed E-state index contributed by atoms with van der Waals surface area (Å²) in [5, 5.41) is 0. The summed E-state index contributed by atoms with van der Waals surface area (Å²) in [4.78, 5) is 0. The number of hydrogen-bond acceptors (Lipinski definition) is 2. The lowest BCUT2D eigenvalue weighted by atomic mass is 10.2. The van der Waals surface area contributed by atoms with E-state index in [0.29, 0.717) is 13.0 Å². The van der Waals surface area contributed by atoms with Crippen molar-refractivity contribution in [2.45, 2.75) is 48.2 Å². The van der Waals surface area contributed by atoms with E-state index in [1.54, 1.807) is 7.11 Å². The maximum Gasteiger partial charge on any atom is 0.296 e. The van der Waals surface area contributed by atoms with Gasteiger partial charge in [-0.1, -0.05) is 0 Å². The molecule has 90 valence electrons. The lowest BCUT2D eigenvalue weighted by molar-refractivity contribution is -0.0420. The standard InChI is InChI=1S/C10H17F2IO2/c1-14-8-4-2-5-9(8)15-7-3-6-10(11,12)13/h8-9H,2-7H2,1H3. The number of alkyl halides is 3. The Labute approximate surface area is 103 Å². The summed E-state index contributed by atoms with van der Waals surface area (Å²) in [5.74, 6) is 0. The minimum absolute atomic E-state index is 0.109. The quantitative estimate of drug-likeness (QED) is 0.421. The molecular weight excluding hydrogens is 317 g/mol. The van der Waals surface area contributed by atoms with Crippen molar-refractivity contribution in [3.8, 4) is 0 Å². The zero-order chi connectivity index (χ0) is 11.3. The summed E-state index contributed by atoms with van der Waals surface area (Å²) in [7, 11) is 1.67. The molecule has 0 aromatic carbocycles.